The van der Waals surface area contributed by atoms with E-state index in [9.17, 15) is 4.79 Å². The molecule has 0 atom stereocenters. The normalized spacial score (nSPS) is 9.83. The Morgan fingerprint density at radius 2 is 2.17 bits per heavy atom. The highest BCUT2D eigenvalue weighted by atomic mass is 16.1. The summed E-state index contributed by atoms with van der Waals surface area (Å²) in [5, 5.41) is 9.05. The average Bonchev–Trinajstić information content (AvgIpc) is 2.38. The lowest BCUT2D eigenvalue weighted by Crippen LogP contribution is -2.20. The van der Waals surface area contributed by atoms with Crippen molar-refractivity contribution >= 4 is 5.95 Å². The van der Waals surface area contributed by atoms with Gasteiger partial charge in [-0.1, -0.05) is 24.3 Å². The lowest BCUT2D eigenvalue weighted by molar-refractivity contribution is 1.07. The summed E-state index contributed by atoms with van der Waals surface area (Å²) in [6.07, 6.45) is 0. The van der Waals surface area contributed by atoms with Gasteiger partial charge < -0.3 is 0 Å². The highest BCUT2D eigenvalue weighted by Gasteiger charge is 2.14. The van der Waals surface area contributed by atoms with Gasteiger partial charge in [0.2, 0.25) is 5.95 Å². The summed E-state index contributed by atoms with van der Waals surface area (Å²) < 4.78 is 0. The molecule has 0 aliphatic carbocycles. The van der Waals surface area contributed by atoms with Crippen LogP contribution in [-0.4, -0.2) is 9.97 Å². The van der Waals surface area contributed by atoms with E-state index < -0.39 is 5.56 Å². The van der Waals surface area contributed by atoms with E-state index in [4.69, 9.17) is 11.1 Å². The molecule has 90 valence electrons. The van der Waals surface area contributed by atoms with Gasteiger partial charge in [0.1, 0.15) is 11.6 Å². The van der Waals surface area contributed by atoms with E-state index in [1.54, 1.807) is 6.07 Å². The molecule has 0 bridgehead atoms. The summed E-state index contributed by atoms with van der Waals surface area (Å²) in [4.78, 5) is 18.2. The van der Waals surface area contributed by atoms with Gasteiger partial charge in [-0.2, -0.15) is 5.26 Å². The van der Waals surface area contributed by atoms with Crippen LogP contribution in [0.5, 0.6) is 0 Å². The van der Waals surface area contributed by atoms with Gasteiger partial charge in [-0.05, 0) is 12.5 Å². The smallest absolute Gasteiger partial charge is 0.270 e. The molecule has 2 aromatic rings. The Kier molecular flexibility index (Phi) is 3.08. The predicted molar refractivity (Wildman–Crippen MR) is 67.6 cm³/mol. The maximum absolute atomic E-state index is 11.7. The number of nitriles is 1. The highest BCUT2D eigenvalue weighted by molar-refractivity contribution is 5.69. The second-order valence-electron chi connectivity index (χ2n) is 3.71. The Balaban J connectivity index is 2.78. The summed E-state index contributed by atoms with van der Waals surface area (Å²) >= 11 is 0. The van der Waals surface area contributed by atoms with Crippen molar-refractivity contribution in [2.75, 3.05) is 5.43 Å². The fourth-order valence-electron chi connectivity index (χ4n) is 1.68. The van der Waals surface area contributed by atoms with Crippen LogP contribution >= 0.6 is 0 Å². The molecule has 0 amide bonds. The predicted octanol–water partition coefficient (Wildman–Crippen LogP) is 0.903. The van der Waals surface area contributed by atoms with E-state index in [-0.39, 0.29) is 11.5 Å². The van der Waals surface area contributed by atoms with Gasteiger partial charge in [0.15, 0.2) is 0 Å². The van der Waals surface area contributed by atoms with Crippen molar-refractivity contribution in [3.05, 3.63) is 45.7 Å². The Bertz CT molecular complexity index is 684. The first kappa shape index (κ1) is 11.8. The number of nitrogens with two attached hydrogens (primary N) is 1. The highest BCUT2D eigenvalue weighted by Crippen LogP contribution is 2.23. The number of nitrogens with one attached hydrogen (secondary N) is 2. The number of benzene rings is 1. The Labute approximate surface area is 103 Å². The summed E-state index contributed by atoms with van der Waals surface area (Å²) in [5.41, 5.74) is 3.72. The Morgan fingerprint density at radius 1 is 1.44 bits per heavy atom. The third-order valence-electron chi connectivity index (χ3n) is 2.57. The SMILES string of the molecule is Cc1ccccc1-c1nc(NN)[nH]c(=O)c1C#N. The molecule has 6 heteroatoms. The monoisotopic (exact) mass is 241 g/mol. The number of H-pyrrole nitrogens is 1. The molecule has 0 aliphatic rings. The van der Waals surface area contributed by atoms with Gasteiger partial charge >= 0.3 is 0 Å². The second-order valence-corrected chi connectivity index (χ2v) is 3.71. The number of hydrogen-bond donors (Lipinski definition) is 3. The molecule has 2 rings (SSSR count). The molecular weight excluding hydrogens is 230 g/mol. The molecule has 0 saturated heterocycles. The Hall–Kier alpha value is -2.65. The van der Waals surface area contributed by atoms with Crippen molar-refractivity contribution in [1.82, 2.24) is 9.97 Å². The standard InChI is InChI=1S/C12H11N5O/c1-7-4-2-3-5-8(7)10-9(6-13)11(18)16-12(15-10)17-14/h2-5H,14H2,1H3,(H2,15,16,17,18). The number of hydrazine groups is 1. The van der Waals surface area contributed by atoms with Crippen LogP contribution in [0.15, 0.2) is 29.1 Å². The molecule has 18 heavy (non-hydrogen) atoms. The van der Waals surface area contributed by atoms with Gasteiger partial charge in [0.05, 0.1) is 5.69 Å². The van der Waals surface area contributed by atoms with Crippen LogP contribution in [0, 0.1) is 18.3 Å². The molecule has 1 aromatic heterocycles. The quantitative estimate of drug-likeness (QED) is 0.535. The third-order valence-corrected chi connectivity index (χ3v) is 2.57. The zero-order valence-electron chi connectivity index (χ0n) is 9.69. The molecule has 0 saturated carbocycles. The van der Waals surface area contributed by atoms with Crippen LogP contribution in [0.3, 0.4) is 0 Å². The van der Waals surface area contributed by atoms with Crippen LogP contribution in [0.25, 0.3) is 11.3 Å². The summed E-state index contributed by atoms with van der Waals surface area (Å²) in [5.74, 6) is 5.35. The lowest BCUT2D eigenvalue weighted by atomic mass is 10.0. The molecule has 1 aromatic carbocycles. The van der Waals surface area contributed by atoms with Crippen LogP contribution in [-0.2, 0) is 0 Å². The van der Waals surface area contributed by atoms with E-state index in [1.165, 1.54) is 0 Å². The first-order valence-corrected chi connectivity index (χ1v) is 5.24. The van der Waals surface area contributed by atoms with Gasteiger partial charge in [-0.15, -0.1) is 0 Å². The number of hydrogen-bond acceptors (Lipinski definition) is 5. The molecule has 4 N–H and O–H groups in total. The minimum absolute atomic E-state index is 0.0247. The van der Waals surface area contributed by atoms with Crippen LogP contribution in [0.4, 0.5) is 5.95 Å². The van der Waals surface area contributed by atoms with Gasteiger partial charge in [0.25, 0.3) is 5.56 Å². The topological polar surface area (TPSA) is 108 Å². The maximum atomic E-state index is 11.7. The van der Waals surface area contributed by atoms with E-state index in [1.807, 2.05) is 31.2 Å². The van der Waals surface area contributed by atoms with E-state index >= 15 is 0 Å². The summed E-state index contributed by atoms with van der Waals surface area (Å²) in [6.45, 7) is 1.88. The number of anilines is 1. The lowest BCUT2D eigenvalue weighted by Gasteiger charge is -2.08. The van der Waals surface area contributed by atoms with Crippen molar-refractivity contribution in [2.24, 2.45) is 5.84 Å². The number of aromatic amines is 1. The van der Waals surface area contributed by atoms with Crippen LogP contribution in [0.2, 0.25) is 0 Å². The van der Waals surface area contributed by atoms with E-state index in [2.05, 4.69) is 15.4 Å². The summed E-state index contributed by atoms with van der Waals surface area (Å²) in [6, 6.07) is 9.25. The second kappa shape index (κ2) is 4.69. The first-order valence-electron chi connectivity index (χ1n) is 5.24. The minimum atomic E-state index is -0.515. The largest absolute Gasteiger partial charge is 0.294 e. The average molecular weight is 241 g/mol. The van der Waals surface area contributed by atoms with Gasteiger partial charge in [-0.25, -0.2) is 10.8 Å². The first-order chi connectivity index (χ1) is 8.67. The number of aryl methyl sites for hydroxylation is 1. The molecule has 0 fully saturated rings. The van der Waals surface area contributed by atoms with Crippen molar-refractivity contribution in [1.29, 1.82) is 5.26 Å². The molecule has 0 spiro atoms. The maximum Gasteiger partial charge on any atom is 0.270 e. The van der Waals surface area contributed by atoms with E-state index in [0.717, 1.165) is 11.1 Å². The molecule has 0 aliphatic heterocycles. The van der Waals surface area contributed by atoms with Crippen molar-refractivity contribution in [3.63, 3.8) is 0 Å². The number of nitrogens with zero attached hydrogens (tertiary/aromatic N) is 2. The number of aromatic nitrogens is 2. The molecule has 6 nitrogen and oxygen atoms in total. The van der Waals surface area contributed by atoms with Crippen molar-refractivity contribution < 1.29 is 0 Å². The minimum Gasteiger partial charge on any atom is -0.294 e. The zero-order chi connectivity index (χ0) is 13.1. The van der Waals surface area contributed by atoms with Crippen molar-refractivity contribution in [3.8, 4) is 17.3 Å². The zero-order valence-corrected chi connectivity index (χ0v) is 9.69. The molecule has 0 unspecified atom stereocenters. The van der Waals surface area contributed by atoms with Crippen molar-refractivity contribution in [2.45, 2.75) is 6.92 Å². The van der Waals surface area contributed by atoms with Gasteiger partial charge in [0, 0.05) is 5.56 Å². The molecular formula is C12H11N5O. The number of nitrogen functional groups attached to an aromatic ring is 1. The van der Waals surface area contributed by atoms with Crippen LogP contribution < -0.4 is 16.8 Å². The number of rotatable bonds is 2. The fraction of sp³-hybridized carbons (Fsp3) is 0.0833. The fourth-order valence-corrected chi connectivity index (χ4v) is 1.68. The molecule has 0 radical (unpaired) electrons. The molecule has 1 heterocycles. The Morgan fingerprint density at radius 3 is 2.78 bits per heavy atom. The van der Waals surface area contributed by atoms with E-state index in [0.29, 0.717) is 5.69 Å². The summed E-state index contributed by atoms with van der Waals surface area (Å²) in [7, 11) is 0. The third kappa shape index (κ3) is 1.95. The van der Waals surface area contributed by atoms with Crippen LogP contribution in [0.1, 0.15) is 11.1 Å². The van der Waals surface area contributed by atoms with Gasteiger partial charge in [-0.3, -0.25) is 15.2 Å².